The monoisotopic (exact) mass is 286 g/mol. The Bertz CT molecular complexity index is 581. The van der Waals surface area contributed by atoms with Gasteiger partial charge < -0.3 is 4.74 Å². The Kier molecular flexibility index (Phi) is 3.73. The number of hydrogen-bond donors (Lipinski definition) is 0. The quantitative estimate of drug-likeness (QED) is 0.482. The van der Waals surface area contributed by atoms with Gasteiger partial charge in [0.25, 0.3) is 5.91 Å². The minimum atomic E-state index is -1.65. The molecule has 1 aromatic carbocycles. The molecule has 1 aliphatic heterocycles. The molecule has 1 atom stereocenters. The molecule has 0 spiro atoms. The Morgan fingerprint density at radius 1 is 1.35 bits per heavy atom. The molecule has 106 valence electrons. The van der Waals surface area contributed by atoms with Crippen LogP contribution < -0.4 is 5.01 Å². The van der Waals surface area contributed by atoms with Crippen LogP contribution in [0.1, 0.15) is 6.92 Å². The van der Waals surface area contributed by atoms with E-state index >= 15 is 0 Å². The topological polar surface area (TPSA) is 59.0 Å². The van der Waals surface area contributed by atoms with Gasteiger partial charge >= 0.3 is 5.97 Å². The van der Waals surface area contributed by atoms with Crippen molar-refractivity contribution < 1.29 is 27.5 Å². The molecule has 1 aromatic rings. The largest absolute Gasteiger partial charge is 0.465 e. The highest BCUT2D eigenvalue weighted by atomic mass is 19.2. The second kappa shape index (κ2) is 5.32. The number of anilines is 1. The zero-order valence-corrected chi connectivity index (χ0v) is 10.3. The number of amides is 1. The van der Waals surface area contributed by atoms with Crippen molar-refractivity contribution in [1.82, 2.24) is 0 Å². The van der Waals surface area contributed by atoms with Crippen LogP contribution in [0.5, 0.6) is 0 Å². The summed E-state index contributed by atoms with van der Waals surface area (Å²) in [6.45, 7) is 1.65. The van der Waals surface area contributed by atoms with Crippen LogP contribution in [-0.2, 0) is 14.3 Å². The number of rotatable bonds is 3. The van der Waals surface area contributed by atoms with E-state index in [0.29, 0.717) is 17.1 Å². The van der Waals surface area contributed by atoms with Crippen LogP contribution in [0.2, 0.25) is 0 Å². The van der Waals surface area contributed by atoms with Crippen molar-refractivity contribution in [2.45, 2.75) is 6.92 Å². The van der Waals surface area contributed by atoms with Crippen LogP contribution in [0.3, 0.4) is 0 Å². The number of hydrazone groups is 1. The summed E-state index contributed by atoms with van der Waals surface area (Å²) < 4.78 is 43.7. The van der Waals surface area contributed by atoms with Gasteiger partial charge in [-0.15, -0.1) is 0 Å². The first-order valence-corrected chi connectivity index (χ1v) is 5.65. The molecule has 0 saturated heterocycles. The summed E-state index contributed by atoms with van der Waals surface area (Å²) in [6.07, 6.45) is 0.999. The highest BCUT2D eigenvalue weighted by Crippen LogP contribution is 2.25. The van der Waals surface area contributed by atoms with Gasteiger partial charge in [0, 0.05) is 18.3 Å². The number of benzene rings is 1. The first kappa shape index (κ1) is 14.0. The Morgan fingerprint density at radius 3 is 2.50 bits per heavy atom. The van der Waals surface area contributed by atoms with Crippen molar-refractivity contribution in [3.8, 4) is 0 Å². The standard InChI is InChI=1S/C12H9F3N2O3/c1-2-20-12(19)7-5-16-17(11(7)18)6-3-8(13)10(15)9(14)4-6/h3-5,7H,2H2,1H3. The predicted molar refractivity (Wildman–Crippen MR) is 62.4 cm³/mol. The lowest BCUT2D eigenvalue weighted by Crippen LogP contribution is -2.32. The van der Waals surface area contributed by atoms with E-state index in [2.05, 4.69) is 9.84 Å². The predicted octanol–water partition coefficient (Wildman–Crippen LogP) is 1.62. The molecule has 0 aliphatic carbocycles. The minimum Gasteiger partial charge on any atom is -0.465 e. The van der Waals surface area contributed by atoms with Crippen LogP contribution in [0.15, 0.2) is 17.2 Å². The molecule has 0 fully saturated rings. The van der Waals surface area contributed by atoms with E-state index in [9.17, 15) is 22.8 Å². The van der Waals surface area contributed by atoms with Gasteiger partial charge in [-0.1, -0.05) is 0 Å². The highest BCUT2D eigenvalue weighted by Gasteiger charge is 2.36. The number of nitrogens with zero attached hydrogens (tertiary/aromatic N) is 2. The SMILES string of the molecule is CCOC(=O)C1C=NN(c2cc(F)c(F)c(F)c2)C1=O. The molecular formula is C12H9F3N2O3. The molecule has 2 rings (SSSR count). The summed E-state index contributed by atoms with van der Waals surface area (Å²) in [5.41, 5.74) is -0.311. The lowest BCUT2D eigenvalue weighted by molar-refractivity contribution is -0.147. The van der Waals surface area contributed by atoms with E-state index in [4.69, 9.17) is 0 Å². The number of esters is 1. The molecular weight excluding hydrogens is 277 g/mol. The van der Waals surface area contributed by atoms with Gasteiger partial charge in [-0.05, 0) is 6.92 Å². The molecule has 0 bridgehead atoms. The van der Waals surface area contributed by atoms with Gasteiger partial charge in [0.1, 0.15) is 0 Å². The third-order valence-electron chi connectivity index (χ3n) is 2.56. The second-order valence-corrected chi connectivity index (χ2v) is 3.87. The van der Waals surface area contributed by atoms with Crippen molar-refractivity contribution in [1.29, 1.82) is 0 Å². The maximum absolute atomic E-state index is 13.1. The summed E-state index contributed by atoms with van der Waals surface area (Å²) >= 11 is 0. The van der Waals surface area contributed by atoms with Crippen LogP contribution in [0.25, 0.3) is 0 Å². The zero-order valence-electron chi connectivity index (χ0n) is 10.3. The van der Waals surface area contributed by atoms with Gasteiger partial charge in [-0.3, -0.25) is 9.59 Å². The summed E-state index contributed by atoms with van der Waals surface area (Å²) in [6, 6.07) is 1.22. The normalized spacial score (nSPS) is 17.7. The first-order valence-electron chi connectivity index (χ1n) is 5.65. The molecule has 0 radical (unpaired) electrons. The number of halogens is 3. The van der Waals surface area contributed by atoms with E-state index in [1.54, 1.807) is 6.92 Å². The Hall–Kier alpha value is -2.38. The van der Waals surface area contributed by atoms with Crippen molar-refractivity contribution in [2.24, 2.45) is 11.0 Å². The molecule has 1 unspecified atom stereocenters. The van der Waals surface area contributed by atoms with Gasteiger partial charge in [0.2, 0.25) is 0 Å². The fourth-order valence-corrected chi connectivity index (χ4v) is 1.64. The highest BCUT2D eigenvalue weighted by molar-refractivity contribution is 6.19. The Morgan fingerprint density at radius 2 is 1.95 bits per heavy atom. The van der Waals surface area contributed by atoms with E-state index < -0.39 is 35.2 Å². The summed E-state index contributed by atoms with van der Waals surface area (Å²) in [7, 11) is 0. The fraction of sp³-hybridized carbons (Fsp3) is 0.250. The molecule has 1 amide bonds. The van der Waals surface area contributed by atoms with E-state index in [1.165, 1.54) is 0 Å². The zero-order chi connectivity index (χ0) is 14.9. The van der Waals surface area contributed by atoms with Crippen LogP contribution in [0, 0.1) is 23.4 Å². The Labute approximate surface area is 111 Å². The fourth-order valence-electron chi connectivity index (χ4n) is 1.64. The number of hydrogen-bond acceptors (Lipinski definition) is 4. The summed E-state index contributed by atoms with van der Waals surface area (Å²) in [5.74, 6) is -7.47. The van der Waals surface area contributed by atoms with Gasteiger partial charge in [-0.25, -0.2) is 13.2 Å². The third kappa shape index (κ3) is 2.36. The second-order valence-electron chi connectivity index (χ2n) is 3.87. The Balaban J connectivity index is 2.27. The van der Waals surface area contributed by atoms with Crippen LogP contribution >= 0.6 is 0 Å². The maximum Gasteiger partial charge on any atom is 0.324 e. The van der Waals surface area contributed by atoms with E-state index in [1.807, 2.05) is 0 Å². The summed E-state index contributed by atoms with van der Waals surface area (Å²) in [4.78, 5) is 23.3. The lowest BCUT2D eigenvalue weighted by atomic mass is 10.1. The van der Waals surface area contributed by atoms with Gasteiger partial charge in [-0.2, -0.15) is 10.1 Å². The molecule has 0 saturated carbocycles. The smallest absolute Gasteiger partial charge is 0.324 e. The average Bonchev–Trinajstić information content (AvgIpc) is 2.77. The van der Waals surface area contributed by atoms with Crippen molar-refractivity contribution >= 4 is 23.8 Å². The van der Waals surface area contributed by atoms with Crippen molar-refractivity contribution in [3.05, 3.63) is 29.6 Å². The molecule has 0 N–H and O–H groups in total. The lowest BCUT2D eigenvalue weighted by Gasteiger charge is -2.14. The van der Waals surface area contributed by atoms with Crippen LogP contribution in [0.4, 0.5) is 18.9 Å². The molecule has 0 aromatic heterocycles. The van der Waals surface area contributed by atoms with E-state index in [0.717, 1.165) is 6.21 Å². The minimum absolute atomic E-state index is 0.0796. The van der Waals surface area contributed by atoms with Crippen molar-refractivity contribution in [2.75, 3.05) is 11.6 Å². The molecule has 5 nitrogen and oxygen atoms in total. The average molecular weight is 286 g/mol. The van der Waals surface area contributed by atoms with Crippen molar-refractivity contribution in [3.63, 3.8) is 0 Å². The molecule has 8 heteroatoms. The van der Waals surface area contributed by atoms with Crippen LogP contribution in [-0.4, -0.2) is 24.7 Å². The van der Waals surface area contributed by atoms with Gasteiger partial charge in [0.05, 0.1) is 12.3 Å². The number of ether oxygens (including phenoxy) is 1. The summed E-state index contributed by atoms with van der Waals surface area (Å²) in [5, 5.41) is 4.20. The first-order chi connectivity index (χ1) is 9.45. The molecule has 1 heterocycles. The number of carbonyl (C=O) groups is 2. The van der Waals surface area contributed by atoms with E-state index in [-0.39, 0.29) is 12.3 Å². The molecule has 20 heavy (non-hydrogen) atoms. The third-order valence-corrected chi connectivity index (χ3v) is 2.56. The maximum atomic E-state index is 13.1. The number of carbonyl (C=O) groups excluding carboxylic acids is 2. The molecule has 1 aliphatic rings. The van der Waals surface area contributed by atoms with Gasteiger partial charge in [0.15, 0.2) is 23.4 Å².